The van der Waals surface area contributed by atoms with Gasteiger partial charge in [0.05, 0.1) is 33.0 Å². The smallest absolute Gasteiger partial charge is 0.177 e. The van der Waals surface area contributed by atoms with Crippen LogP contribution in [0.25, 0.3) is 0 Å². The molecule has 2 aliphatic rings. The quantitative estimate of drug-likeness (QED) is 0.567. The van der Waals surface area contributed by atoms with E-state index in [2.05, 4.69) is 0 Å². The Morgan fingerprint density at radius 2 is 1.56 bits per heavy atom. The predicted octanol–water partition coefficient (Wildman–Crippen LogP) is 4.37. The fourth-order valence-corrected chi connectivity index (χ4v) is 6.10. The number of aliphatic hydroxyl groups excluding tert-OH is 1. The summed E-state index contributed by atoms with van der Waals surface area (Å²) in [5.41, 5.74) is -0.898. The first-order chi connectivity index (χ1) is 16.5. The lowest BCUT2D eigenvalue weighted by atomic mass is 9.70. The van der Waals surface area contributed by atoms with E-state index in [0.717, 1.165) is 11.1 Å². The van der Waals surface area contributed by atoms with E-state index in [9.17, 15) is 10.2 Å². The molecule has 1 heterocycles. The Morgan fingerprint density at radius 1 is 0.882 bits per heavy atom. The number of methoxy groups -OCH3 is 3. The molecule has 0 radical (unpaired) electrons. The predicted molar refractivity (Wildman–Crippen MR) is 128 cm³/mol. The van der Waals surface area contributed by atoms with E-state index in [1.54, 1.807) is 33.5 Å². The van der Waals surface area contributed by atoms with E-state index >= 15 is 0 Å². The topological polar surface area (TPSA) is 77.4 Å². The standard InChI is InChI=1S/C28H30O6/c1-5-21-24(17-9-7-6-8-10-17)28(18-11-13-19(31-2)14-12-18)27(30,26(21)29)25-22(33-4)15-20(32-3)16-23(25)34-28/h6-16,21,24,26,29-30H,5H2,1-4H3. The maximum absolute atomic E-state index is 12.7. The van der Waals surface area contributed by atoms with Crippen molar-refractivity contribution >= 4 is 0 Å². The minimum absolute atomic E-state index is 0.269. The van der Waals surface area contributed by atoms with Crippen molar-refractivity contribution in [2.75, 3.05) is 21.3 Å². The van der Waals surface area contributed by atoms with Gasteiger partial charge in [0.25, 0.3) is 0 Å². The molecule has 178 valence electrons. The number of hydrogen-bond donors (Lipinski definition) is 2. The van der Waals surface area contributed by atoms with Gasteiger partial charge in [-0.3, -0.25) is 0 Å². The Bertz CT molecular complexity index is 1180. The summed E-state index contributed by atoms with van der Waals surface area (Å²) in [6.07, 6.45) is -0.452. The second-order valence-corrected chi connectivity index (χ2v) is 8.94. The van der Waals surface area contributed by atoms with Crippen molar-refractivity contribution in [3.8, 4) is 23.0 Å². The molecule has 34 heavy (non-hydrogen) atoms. The van der Waals surface area contributed by atoms with Crippen LogP contribution >= 0.6 is 0 Å². The van der Waals surface area contributed by atoms with Crippen LogP contribution in [0.3, 0.4) is 0 Å². The van der Waals surface area contributed by atoms with Crippen LogP contribution in [-0.2, 0) is 11.2 Å². The second kappa shape index (κ2) is 8.22. The fraction of sp³-hybridized carbons (Fsp3) is 0.357. The van der Waals surface area contributed by atoms with Crippen molar-refractivity contribution in [2.45, 2.75) is 36.6 Å². The molecule has 0 bridgehead atoms. The van der Waals surface area contributed by atoms with E-state index in [4.69, 9.17) is 18.9 Å². The van der Waals surface area contributed by atoms with Crippen molar-refractivity contribution in [3.05, 3.63) is 83.4 Å². The van der Waals surface area contributed by atoms with Crippen LogP contribution in [0.2, 0.25) is 0 Å². The largest absolute Gasteiger partial charge is 0.497 e. The van der Waals surface area contributed by atoms with E-state index in [-0.39, 0.29) is 11.8 Å². The normalized spacial score (nSPS) is 29.2. The maximum Gasteiger partial charge on any atom is 0.177 e. The molecule has 2 N–H and O–H groups in total. The second-order valence-electron chi connectivity index (χ2n) is 8.94. The summed E-state index contributed by atoms with van der Waals surface area (Å²) in [5.74, 6) is 1.48. The molecule has 6 nitrogen and oxygen atoms in total. The van der Waals surface area contributed by atoms with Gasteiger partial charge in [-0.05, 0) is 35.6 Å². The van der Waals surface area contributed by atoms with Crippen molar-refractivity contribution in [1.29, 1.82) is 0 Å². The molecule has 5 rings (SSSR count). The van der Waals surface area contributed by atoms with E-state index in [1.165, 1.54) is 0 Å². The lowest BCUT2D eigenvalue weighted by molar-refractivity contribution is -0.152. The summed E-state index contributed by atoms with van der Waals surface area (Å²) in [6.45, 7) is 2.03. The van der Waals surface area contributed by atoms with Gasteiger partial charge in [0.1, 0.15) is 23.0 Å². The summed E-state index contributed by atoms with van der Waals surface area (Å²) in [7, 11) is 4.72. The maximum atomic E-state index is 12.7. The zero-order valence-corrected chi connectivity index (χ0v) is 19.8. The molecule has 1 fully saturated rings. The number of hydrogen-bond acceptors (Lipinski definition) is 6. The summed E-state index contributed by atoms with van der Waals surface area (Å²) in [5, 5.41) is 24.5. The van der Waals surface area contributed by atoms with Crippen molar-refractivity contribution in [2.24, 2.45) is 5.92 Å². The van der Waals surface area contributed by atoms with Crippen LogP contribution in [0.1, 0.15) is 36.0 Å². The van der Waals surface area contributed by atoms with Crippen molar-refractivity contribution in [3.63, 3.8) is 0 Å². The third-order valence-corrected chi connectivity index (χ3v) is 7.56. The third-order valence-electron chi connectivity index (χ3n) is 7.56. The average Bonchev–Trinajstić information content (AvgIpc) is 3.26. The first-order valence-corrected chi connectivity index (χ1v) is 11.5. The SMILES string of the molecule is CCC1C(O)C2(O)c3c(OC)cc(OC)cc3OC2(c2ccc(OC)cc2)C1c1ccccc1. The highest BCUT2D eigenvalue weighted by atomic mass is 16.5. The van der Waals surface area contributed by atoms with Gasteiger partial charge >= 0.3 is 0 Å². The summed E-state index contributed by atoms with van der Waals surface area (Å²) >= 11 is 0. The Hall–Kier alpha value is -3.22. The molecule has 0 aromatic heterocycles. The van der Waals surface area contributed by atoms with Gasteiger partial charge in [-0.2, -0.15) is 0 Å². The summed E-state index contributed by atoms with van der Waals surface area (Å²) in [6, 6.07) is 20.9. The van der Waals surface area contributed by atoms with Crippen LogP contribution in [0.15, 0.2) is 66.7 Å². The molecule has 5 unspecified atom stereocenters. The van der Waals surface area contributed by atoms with E-state index in [0.29, 0.717) is 35.0 Å². The van der Waals surface area contributed by atoms with Gasteiger partial charge in [0.2, 0.25) is 0 Å². The Balaban J connectivity index is 1.85. The van der Waals surface area contributed by atoms with Crippen LogP contribution < -0.4 is 18.9 Å². The van der Waals surface area contributed by atoms with Crippen molar-refractivity contribution < 1.29 is 29.2 Å². The molecular formula is C28H30O6. The van der Waals surface area contributed by atoms with Crippen molar-refractivity contribution in [1.82, 2.24) is 0 Å². The lowest BCUT2D eigenvalue weighted by Gasteiger charge is -2.41. The molecule has 1 saturated carbocycles. The Kier molecular flexibility index (Phi) is 5.46. The molecule has 1 aliphatic carbocycles. The molecule has 6 heteroatoms. The number of fused-ring (bicyclic) bond motifs is 3. The minimum Gasteiger partial charge on any atom is -0.497 e. The fourth-order valence-electron chi connectivity index (χ4n) is 6.10. The number of ether oxygens (including phenoxy) is 4. The monoisotopic (exact) mass is 462 g/mol. The third kappa shape index (κ3) is 2.82. The highest BCUT2D eigenvalue weighted by molar-refractivity contribution is 5.63. The van der Waals surface area contributed by atoms with Gasteiger partial charge in [0.15, 0.2) is 11.2 Å². The molecule has 3 aromatic carbocycles. The summed E-state index contributed by atoms with van der Waals surface area (Å²) < 4.78 is 23.4. The number of benzene rings is 3. The van der Waals surface area contributed by atoms with Crippen LogP contribution in [0.4, 0.5) is 0 Å². The molecule has 0 amide bonds. The first-order valence-electron chi connectivity index (χ1n) is 11.5. The lowest BCUT2D eigenvalue weighted by Crippen LogP contribution is -2.52. The molecule has 0 spiro atoms. The zero-order valence-electron chi connectivity index (χ0n) is 19.8. The first kappa shape index (κ1) is 22.6. The highest BCUT2D eigenvalue weighted by Crippen LogP contribution is 2.70. The molecule has 5 atom stereocenters. The number of rotatable bonds is 6. The molecule has 1 aliphatic heterocycles. The Morgan fingerprint density at radius 3 is 2.15 bits per heavy atom. The zero-order chi connectivity index (χ0) is 24.1. The van der Waals surface area contributed by atoms with E-state index < -0.39 is 17.3 Å². The van der Waals surface area contributed by atoms with Gasteiger partial charge < -0.3 is 29.2 Å². The van der Waals surface area contributed by atoms with E-state index in [1.807, 2.05) is 61.5 Å². The molecule has 0 saturated heterocycles. The van der Waals surface area contributed by atoms with Gasteiger partial charge in [0, 0.05) is 18.1 Å². The van der Waals surface area contributed by atoms with Gasteiger partial charge in [-0.1, -0.05) is 49.4 Å². The molecular weight excluding hydrogens is 432 g/mol. The van der Waals surface area contributed by atoms with Gasteiger partial charge in [-0.25, -0.2) is 0 Å². The average molecular weight is 463 g/mol. The molecule has 3 aromatic rings. The van der Waals surface area contributed by atoms with Crippen LogP contribution in [0.5, 0.6) is 23.0 Å². The minimum atomic E-state index is -1.77. The Labute approximate surface area is 199 Å². The van der Waals surface area contributed by atoms with Crippen LogP contribution in [-0.4, -0.2) is 37.6 Å². The van der Waals surface area contributed by atoms with Crippen LogP contribution in [0, 0.1) is 5.92 Å². The summed E-state index contributed by atoms with van der Waals surface area (Å²) in [4.78, 5) is 0. The van der Waals surface area contributed by atoms with Gasteiger partial charge in [-0.15, -0.1) is 0 Å². The highest BCUT2D eigenvalue weighted by Gasteiger charge is 2.76. The number of aliphatic hydroxyl groups is 2.